The van der Waals surface area contributed by atoms with Crippen molar-refractivity contribution in [2.75, 3.05) is 7.11 Å². The molecular formula is C17H13N2O2. The molecule has 0 unspecified atom stereocenters. The molecule has 4 nitrogen and oxygen atoms in total. The van der Waals surface area contributed by atoms with E-state index in [2.05, 4.69) is 11.1 Å². The van der Waals surface area contributed by atoms with E-state index in [1.54, 1.807) is 42.3 Å². The average molecular weight is 277 g/mol. The Bertz CT molecular complexity index is 807. The second-order valence-corrected chi connectivity index (χ2v) is 4.46. The lowest BCUT2D eigenvalue weighted by atomic mass is 10.1. The molecule has 0 spiro atoms. The zero-order valence-electron chi connectivity index (χ0n) is 11.5. The summed E-state index contributed by atoms with van der Waals surface area (Å²) in [6.45, 7) is 0. The molecule has 0 aliphatic rings. The minimum atomic E-state index is -0.0671. The van der Waals surface area contributed by atoms with E-state index in [9.17, 15) is 4.79 Å². The van der Waals surface area contributed by atoms with Gasteiger partial charge in [-0.05, 0) is 35.9 Å². The van der Waals surface area contributed by atoms with Crippen LogP contribution in [0.1, 0.15) is 0 Å². The Morgan fingerprint density at radius 3 is 2.81 bits per heavy atom. The standard InChI is InChI=1S/C17H13N2O2/c1-21-16-9-8-14(12-18-16)13-5-4-6-15(11-13)19-10-3-2-7-17(19)20/h2-4,6-12H,1H3. The van der Waals surface area contributed by atoms with Crippen LogP contribution in [0.25, 0.3) is 16.8 Å². The minimum absolute atomic E-state index is 0.0671. The maximum absolute atomic E-state index is 11.9. The number of rotatable bonds is 3. The van der Waals surface area contributed by atoms with Gasteiger partial charge < -0.3 is 4.74 Å². The van der Waals surface area contributed by atoms with E-state index in [1.165, 1.54) is 6.07 Å². The Kier molecular flexibility index (Phi) is 3.51. The lowest BCUT2D eigenvalue weighted by molar-refractivity contribution is 0.398. The van der Waals surface area contributed by atoms with Crippen molar-refractivity contribution >= 4 is 0 Å². The van der Waals surface area contributed by atoms with E-state index in [0.717, 1.165) is 16.8 Å². The Morgan fingerprint density at radius 1 is 1.19 bits per heavy atom. The maximum atomic E-state index is 11.9. The summed E-state index contributed by atoms with van der Waals surface area (Å²) in [5, 5.41) is 0. The molecule has 3 rings (SSSR count). The van der Waals surface area contributed by atoms with Crippen LogP contribution in [0.3, 0.4) is 0 Å². The van der Waals surface area contributed by atoms with Crippen molar-refractivity contribution < 1.29 is 4.74 Å². The highest BCUT2D eigenvalue weighted by atomic mass is 16.5. The number of methoxy groups -OCH3 is 1. The number of pyridine rings is 2. The third-order valence-corrected chi connectivity index (χ3v) is 3.14. The van der Waals surface area contributed by atoms with Crippen LogP contribution in [-0.2, 0) is 0 Å². The summed E-state index contributed by atoms with van der Waals surface area (Å²) in [5.74, 6) is 0.564. The molecule has 21 heavy (non-hydrogen) atoms. The van der Waals surface area contributed by atoms with E-state index >= 15 is 0 Å². The zero-order chi connectivity index (χ0) is 14.7. The Balaban J connectivity index is 2.04. The van der Waals surface area contributed by atoms with Gasteiger partial charge >= 0.3 is 0 Å². The van der Waals surface area contributed by atoms with Crippen molar-refractivity contribution in [1.82, 2.24) is 9.55 Å². The van der Waals surface area contributed by atoms with Gasteiger partial charge in [0.2, 0.25) is 5.88 Å². The molecule has 0 N–H and O–H groups in total. The van der Waals surface area contributed by atoms with E-state index in [0.29, 0.717) is 5.88 Å². The number of hydrogen-bond acceptors (Lipinski definition) is 3. The van der Waals surface area contributed by atoms with E-state index < -0.39 is 0 Å². The summed E-state index contributed by atoms with van der Waals surface area (Å²) in [4.78, 5) is 16.1. The van der Waals surface area contributed by atoms with Gasteiger partial charge in [0, 0.05) is 35.8 Å². The van der Waals surface area contributed by atoms with Crippen molar-refractivity contribution in [1.29, 1.82) is 0 Å². The molecule has 0 saturated heterocycles. The summed E-state index contributed by atoms with van der Waals surface area (Å²) in [6.07, 6.45) is 3.47. The highest BCUT2D eigenvalue weighted by Crippen LogP contribution is 2.21. The molecular weight excluding hydrogens is 264 g/mol. The molecule has 0 fully saturated rings. The molecule has 0 aliphatic carbocycles. The first-order chi connectivity index (χ1) is 10.3. The second-order valence-electron chi connectivity index (χ2n) is 4.46. The summed E-state index contributed by atoms with van der Waals surface area (Å²) < 4.78 is 6.64. The van der Waals surface area contributed by atoms with E-state index in [4.69, 9.17) is 4.74 Å². The van der Waals surface area contributed by atoms with Gasteiger partial charge in [-0.15, -0.1) is 0 Å². The van der Waals surface area contributed by atoms with Crippen LogP contribution in [0.15, 0.2) is 65.7 Å². The summed E-state index contributed by atoms with van der Waals surface area (Å²) in [6, 6.07) is 17.5. The van der Waals surface area contributed by atoms with Crippen molar-refractivity contribution in [2.45, 2.75) is 0 Å². The lowest BCUT2D eigenvalue weighted by Crippen LogP contribution is -2.15. The fraction of sp³-hybridized carbons (Fsp3) is 0.0588. The maximum Gasteiger partial charge on any atom is 0.255 e. The van der Waals surface area contributed by atoms with Crippen molar-refractivity contribution in [3.05, 3.63) is 77.3 Å². The van der Waals surface area contributed by atoms with Gasteiger partial charge in [0.1, 0.15) is 0 Å². The topological polar surface area (TPSA) is 44.1 Å². The first-order valence-electron chi connectivity index (χ1n) is 6.48. The Labute approximate surface area is 122 Å². The molecule has 2 aromatic heterocycles. The molecule has 103 valence electrons. The Morgan fingerprint density at radius 2 is 2.10 bits per heavy atom. The Hall–Kier alpha value is -2.88. The van der Waals surface area contributed by atoms with Crippen LogP contribution in [0, 0.1) is 6.07 Å². The third-order valence-electron chi connectivity index (χ3n) is 3.14. The predicted molar refractivity (Wildman–Crippen MR) is 80.7 cm³/mol. The van der Waals surface area contributed by atoms with Gasteiger partial charge in [-0.25, -0.2) is 4.98 Å². The summed E-state index contributed by atoms with van der Waals surface area (Å²) in [5.41, 5.74) is 2.52. The molecule has 1 radical (unpaired) electrons. The van der Waals surface area contributed by atoms with Gasteiger partial charge in [0.15, 0.2) is 0 Å². The molecule has 0 amide bonds. The predicted octanol–water partition coefficient (Wildman–Crippen LogP) is 2.71. The number of benzene rings is 1. The third kappa shape index (κ3) is 2.69. The molecule has 4 heteroatoms. The molecule has 0 bridgehead atoms. The largest absolute Gasteiger partial charge is 0.481 e. The number of ether oxygens (including phenoxy) is 1. The second kappa shape index (κ2) is 5.63. The highest BCUT2D eigenvalue weighted by Gasteiger charge is 2.03. The molecule has 2 heterocycles. The van der Waals surface area contributed by atoms with E-state index in [-0.39, 0.29) is 5.56 Å². The van der Waals surface area contributed by atoms with Gasteiger partial charge in [0.05, 0.1) is 7.11 Å². The van der Waals surface area contributed by atoms with Crippen molar-refractivity contribution in [3.63, 3.8) is 0 Å². The smallest absolute Gasteiger partial charge is 0.255 e. The fourth-order valence-electron chi connectivity index (χ4n) is 2.07. The highest BCUT2D eigenvalue weighted by molar-refractivity contribution is 5.64. The van der Waals surface area contributed by atoms with Gasteiger partial charge in [-0.3, -0.25) is 9.36 Å². The zero-order valence-corrected chi connectivity index (χ0v) is 11.5. The number of aromatic nitrogens is 2. The van der Waals surface area contributed by atoms with Crippen LogP contribution >= 0.6 is 0 Å². The number of nitrogens with zero attached hydrogens (tertiary/aromatic N) is 2. The quantitative estimate of drug-likeness (QED) is 0.739. The average Bonchev–Trinajstić information content (AvgIpc) is 2.55. The van der Waals surface area contributed by atoms with Crippen LogP contribution < -0.4 is 10.3 Å². The first-order valence-corrected chi connectivity index (χ1v) is 6.48. The summed E-state index contributed by atoms with van der Waals surface area (Å²) in [7, 11) is 1.58. The van der Waals surface area contributed by atoms with Crippen molar-refractivity contribution in [2.24, 2.45) is 0 Å². The van der Waals surface area contributed by atoms with Crippen LogP contribution in [0.4, 0.5) is 0 Å². The van der Waals surface area contributed by atoms with Gasteiger partial charge in [0.25, 0.3) is 5.56 Å². The number of hydrogen-bond donors (Lipinski definition) is 0. The van der Waals surface area contributed by atoms with E-state index in [1.807, 2.05) is 24.3 Å². The first kappa shape index (κ1) is 13.1. The van der Waals surface area contributed by atoms with Gasteiger partial charge in [-0.2, -0.15) is 0 Å². The van der Waals surface area contributed by atoms with Crippen LogP contribution in [-0.4, -0.2) is 16.7 Å². The lowest BCUT2D eigenvalue weighted by Gasteiger charge is -2.08. The molecule has 0 saturated carbocycles. The van der Waals surface area contributed by atoms with Gasteiger partial charge in [-0.1, -0.05) is 12.1 Å². The van der Waals surface area contributed by atoms with Crippen LogP contribution in [0.2, 0.25) is 0 Å². The molecule has 3 aromatic rings. The van der Waals surface area contributed by atoms with Crippen molar-refractivity contribution in [3.8, 4) is 22.7 Å². The molecule has 0 atom stereocenters. The monoisotopic (exact) mass is 277 g/mol. The minimum Gasteiger partial charge on any atom is -0.481 e. The SMILES string of the molecule is COc1ccc(-c2[c]ccc(-n3ccccc3=O)c2)cn1. The fourth-order valence-corrected chi connectivity index (χ4v) is 2.07. The molecule has 0 aliphatic heterocycles. The summed E-state index contributed by atoms with van der Waals surface area (Å²) >= 11 is 0. The normalized spacial score (nSPS) is 10.3. The van der Waals surface area contributed by atoms with Crippen LogP contribution in [0.5, 0.6) is 5.88 Å². The molecule has 1 aromatic carbocycles.